The van der Waals surface area contributed by atoms with Gasteiger partial charge in [-0.05, 0) is 153 Å². The first-order chi connectivity index (χ1) is 30.8. The summed E-state index contributed by atoms with van der Waals surface area (Å²) in [5, 5.41) is 4.97. The Bertz CT molecular complexity index is 3060. The van der Waals surface area contributed by atoms with Crippen LogP contribution in [-0.2, 0) is 10.8 Å². The number of anilines is 4. The van der Waals surface area contributed by atoms with Gasteiger partial charge in [-0.2, -0.15) is 0 Å². The molecule has 0 aromatic heterocycles. The average Bonchev–Trinajstić information content (AvgIpc) is 3.58. The van der Waals surface area contributed by atoms with Crippen molar-refractivity contribution in [2.45, 2.75) is 77.3 Å². The average molecular weight is 829 g/mol. The lowest BCUT2D eigenvalue weighted by atomic mass is 9.72. The zero-order chi connectivity index (χ0) is 44.2. The second kappa shape index (κ2) is 14.3. The molecule has 0 saturated heterocycles. The van der Waals surface area contributed by atoms with Gasteiger partial charge >= 0.3 is 0 Å². The van der Waals surface area contributed by atoms with Gasteiger partial charge in [-0.1, -0.05) is 173 Å². The Morgan fingerprint density at radius 2 is 0.625 bits per heavy atom. The molecular formula is C62H56N2. The van der Waals surface area contributed by atoms with Gasteiger partial charge in [0.05, 0.1) is 0 Å². The van der Waals surface area contributed by atoms with Crippen molar-refractivity contribution in [2.24, 2.45) is 0 Å². The van der Waals surface area contributed by atoms with E-state index in [2.05, 4.69) is 259 Å². The maximum atomic E-state index is 2.60. The van der Waals surface area contributed by atoms with Crippen LogP contribution < -0.4 is 9.80 Å². The van der Waals surface area contributed by atoms with Gasteiger partial charge in [0.15, 0.2) is 0 Å². The maximum absolute atomic E-state index is 2.60. The maximum Gasteiger partial charge on any atom is 0.0487 e. The molecule has 9 aromatic rings. The minimum atomic E-state index is -0.192. The monoisotopic (exact) mass is 828 g/mol. The van der Waals surface area contributed by atoms with Gasteiger partial charge in [0.2, 0.25) is 0 Å². The van der Waals surface area contributed by atoms with Crippen molar-refractivity contribution in [1.29, 1.82) is 0 Å². The van der Waals surface area contributed by atoms with E-state index in [0.717, 1.165) is 0 Å². The van der Waals surface area contributed by atoms with Crippen LogP contribution in [0.15, 0.2) is 194 Å². The van der Waals surface area contributed by atoms with Crippen molar-refractivity contribution in [3.05, 3.63) is 205 Å². The Labute approximate surface area is 379 Å². The largest absolute Gasteiger partial charge is 0.335 e. The molecule has 2 heteroatoms. The molecule has 0 spiro atoms. The molecule has 0 unspecified atom stereocenters. The topological polar surface area (TPSA) is 6.48 Å². The Kier molecular flexibility index (Phi) is 8.92. The quantitative estimate of drug-likeness (QED) is 0.154. The van der Waals surface area contributed by atoms with Crippen LogP contribution in [0.4, 0.5) is 22.7 Å². The molecule has 0 radical (unpaired) electrons. The zero-order valence-electron chi connectivity index (χ0n) is 38.4. The summed E-state index contributed by atoms with van der Waals surface area (Å²) >= 11 is 0. The van der Waals surface area contributed by atoms with Crippen molar-refractivity contribution >= 4 is 44.3 Å². The van der Waals surface area contributed by atoms with E-state index in [1.165, 1.54) is 99.9 Å². The first-order valence-corrected chi connectivity index (χ1v) is 22.9. The molecule has 0 fully saturated rings. The third kappa shape index (κ3) is 5.78. The molecule has 0 N–H and O–H groups in total. The standard InChI is InChI=1S/C62H56N2/c1-59(2)53-29-15-17-31-55(53)63(61(59,5)6)47-33-35-49-51(39-47)57(45-27-19-25-43(37-45)41-21-11-9-12-22-41)50-36-34-48(64-56-32-18-16-30-54(56)60(3,4)62(64,7)8)40-52(50)58(49)46-28-20-26-44(38-46)42-23-13-10-14-24-42/h9-40H,1-8H3. The number of fused-ring (bicyclic) bond motifs is 4. The highest BCUT2D eigenvalue weighted by molar-refractivity contribution is 6.23. The summed E-state index contributed by atoms with van der Waals surface area (Å²) in [7, 11) is 0. The van der Waals surface area contributed by atoms with Gasteiger partial charge in [-0.15, -0.1) is 0 Å². The fourth-order valence-corrected chi connectivity index (χ4v) is 11.2. The third-order valence-electron chi connectivity index (χ3n) is 15.9. The van der Waals surface area contributed by atoms with Crippen LogP contribution in [0, 0.1) is 0 Å². The lowest BCUT2D eigenvalue weighted by Crippen LogP contribution is -2.48. The minimum absolute atomic E-state index is 0.0786. The van der Waals surface area contributed by atoms with Gasteiger partial charge in [-0.25, -0.2) is 0 Å². The summed E-state index contributed by atoms with van der Waals surface area (Å²) in [6.07, 6.45) is 0. The van der Waals surface area contributed by atoms with E-state index in [1.807, 2.05) is 0 Å². The van der Waals surface area contributed by atoms with Gasteiger partial charge in [0, 0.05) is 44.7 Å². The second-order valence-electron chi connectivity index (χ2n) is 20.2. The lowest BCUT2D eigenvalue weighted by Gasteiger charge is -2.43. The van der Waals surface area contributed by atoms with E-state index in [0.29, 0.717) is 0 Å². The number of rotatable bonds is 6. The van der Waals surface area contributed by atoms with E-state index in [4.69, 9.17) is 0 Å². The Balaban J connectivity index is 1.25. The highest BCUT2D eigenvalue weighted by atomic mass is 15.2. The first-order valence-electron chi connectivity index (χ1n) is 22.9. The number of benzene rings is 9. The van der Waals surface area contributed by atoms with Crippen LogP contribution in [0.25, 0.3) is 66.1 Å². The van der Waals surface area contributed by atoms with Gasteiger partial charge in [0.25, 0.3) is 0 Å². The zero-order valence-corrected chi connectivity index (χ0v) is 38.4. The van der Waals surface area contributed by atoms with Crippen molar-refractivity contribution in [3.8, 4) is 44.5 Å². The Morgan fingerprint density at radius 3 is 1.03 bits per heavy atom. The molecule has 314 valence electrons. The molecule has 11 rings (SSSR count). The second-order valence-corrected chi connectivity index (χ2v) is 20.2. The molecule has 0 atom stereocenters. The lowest BCUT2D eigenvalue weighted by molar-refractivity contribution is 0.330. The Morgan fingerprint density at radius 1 is 0.281 bits per heavy atom. The molecule has 2 aliphatic heterocycles. The smallest absolute Gasteiger partial charge is 0.0487 e. The normalized spacial score (nSPS) is 16.6. The summed E-state index contributed by atoms with van der Waals surface area (Å²) in [5.74, 6) is 0. The predicted molar refractivity (Wildman–Crippen MR) is 275 cm³/mol. The fraction of sp³-hybridized carbons (Fsp3) is 0.194. The molecule has 0 aliphatic carbocycles. The molecule has 2 heterocycles. The Hall–Kier alpha value is -6.90. The number of nitrogens with zero attached hydrogens (tertiary/aromatic N) is 2. The predicted octanol–water partition coefficient (Wildman–Crippen LogP) is 17.1. The van der Waals surface area contributed by atoms with Crippen LogP contribution in [0.2, 0.25) is 0 Å². The van der Waals surface area contributed by atoms with Crippen LogP contribution in [0.1, 0.15) is 66.5 Å². The molecule has 0 saturated carbocycles. The van der Waals surface area contributed by atoms with Crippen LogP contribution >= 0.6 is 0 Å². The van der Waals surface area contributed by atoms with Crippen molar-refractivity contribution in [3.63, 3.8) is 0 Å². The van der Waals surface area contributed by atoms with Crippen LogP contribution in [0.3, 0.4) is 0 Å². The fourth-order valence-electron chi connectivity index (χ4n) is 11.2. The minimum Gasteiger partial charge on any atom is -0.335 e. The highest BCUT2D eigenvalue weighted by Gasteiger charge is 2.52. The number of hydrogen-bond donors (Lipinski definition) is 0. The molecule has 64 heavy (non-hydrogen) atoms. The molecule has 2 aliphatic rings. The molecule has 2 nitrogen and oxygen atoms in total. The molecular weight excluding hydrogens is 773 g/mol. The van der Waals surface area contributed by atoms with Gasteiger partial charge in [-0.3, -0.25) is 0 Å². The summed E-state index contributed by atoms with van der Waals surface area (Å²) in [4.78, 5) is 5.20. The molecule has 0 bridgehead atoms. The van der Waals surface area contributed by atoms with Crippen molar-refractivity contribution in [1.82, 2.24) is 0 Å². The SMILES string of the molecule is CC1(C)c2ccccc2N(c2ccc3c(-c4cccc(-c5ccccc5)c4)c4cc(N5c6ccccc6C(C)(C)C5(C)C)ccc4c(-c4cccc(-c5ccccc5)c4)c3c2)C1(C)C. The summed E-state index contributed by atoms with van der Waals surface area (Å²) in [6, 6.07) is 72.6. The summed E-state index contributed by atoms with van der Waals surface area (Å²) in [6.45, 7) is 19.2. The number of hydrogen-bond acceptors (Lipinski definition) is 2. The van der Waals surface area contributed by atoms with E-state index in [1.54, 1.807) is 0 Å². The van der Waals surface area contributed by atoms with Crippen LogP contribution in [-0.4, -0.2) is 11.1 Å². The van der Waals surface area contributed by atoms with E-state index in [-0.39, 0.29) is 21.9 Å². The van der Waals surface area contributed by atoms with Crippen molar-refractivity contribution in [2.75, 3.05) is 9.80 Å². The van der Waals surface area contributed by atoms with E-state index >= 15 is 0 Å². The summed E-state index contributed by atoms with van der Waals surface area (Å²) < 4.78 is 0. The molecule has 0 amide bonds. The van der Waals surface area contributed by atoms with Crippen LogP contribution in [0.5, 0.6) is 0 Å². The molecule has 9 aromatic carbocycles. The third-order valence-corrected chi connectivity index (χ3v) is 15.9. The number of para-hydroxylation sites is 2. The van der Waals surface area contributed by atoms with Crippen molar-refractivity contribution < 1.29 is 0 Å². The first kappa shape index (κ1) is 39.9. The van der Waals surface area contributed by atoms with E-state index < -0.39 is 0 Å². The highest BCUT2D eigenvalue weighted by Crippen LogP contribution is 2.58. The summed E-state index contributed by atoms with van der Waals surface area (Å²) in [5.41, 5.74) is 17.0. The van der Waals surface area contributed by atoms with Gasteiger partial charge in [0.1, 0.15) is 0 Å². The van der Waals surface area contributed by atoms with Gasteiger partial charge < -0.3 is 9.80 Å². The van der Waals surface area contributed by atoms with E-state index in [9.17, 15) is 0 Å².